The van der Waals surface area contributed by atoms with E-state index in [1.54, 1.807) is 12.1 Å². The van der Waals surface area contributed by atoms with Crippen molar-refractivity contribution in [3.8, 4) is 23.1 Å². The van der Waals surface area contributed by atoms with Crippen LogP contribution >= 0.6 is 0 Å². The molecule has 0 fully saturated rings. The molecule has 0 saturated heterocycles. The zero-order valence-electron chi connectivity index (χ0n) is 16.1. The molecule has 4 aromatic rings. The third-order valence-electron chi connectivity index (χ3n) is 4.94. The van der Waals surface area contributed by atoms with E-state index in [2.05, 4.69) is 16.4 Å². The Labute approximate surface area is 174 Å². The molecule has 1 aromatic heterocycles. The number of aromatic nitrogens is 1. The second kappa shape index (κ2) is 8.46. The zero-order valence-corrected chi connectivity index (χ0v) is 16.1. The minimum Gasteiger partial charge on any atom is -0.505 e. The Morgan fingerprint density at radius 1 is 0.967 bits per heavy atom. The fourth-order valence-electron chi connectivity index (χ4n) is 3.49. The lowest BCUT2D eigenvalue weighted by Gasteiger charge is -2.18. The van der Waals surface area contributed by atoms with Crippen LogP contribution in [0.25, 0.3) is 22.2 Å². The summed E-state index contributed by atoms with van der Waals surface area (Å²) in [4.78, 5) is 17.9. The SMILES string of the molecule is N#CCC(NC(=O)c1c(O)c(-c2ccccc2)nc2ccccc12)c1ccccc1. The Hall–Kier alpha value is -4.17. The standard InChI is InChI=1S/C25H19N3O2/c26-16-15-20(17-9-3-1-4-10-17)28-25(30)22-19-13-7-8-14-21(19)27-23(24(22)29)18-11-5-2-6-12-18/h1-14,20,29H,15H2,(H,28,30). The molecule has 0 bridgehead atoms. The van der Waals surface area contributed by atoms with Gasteiger partial charge < -0.3 is 10.4 Å². The molecule has 0 aliphatic heterocycles. The lowest BCUT2D eigenvalue weighted by atomic mass is 10.00. The van der Waals surface area contributed by atoms with Gasteiger partial charge in [-0.05, 0) is 11.6 Å². The van der Waals surface area contributed by atoms with Gasteiger partial charge in [0.05, 0.1) is 29.6 Å². The van der Waals surface area contributed by atoms with E-state index < -0.39 is 11.9 Å². The van der Waals surface area contributed by atoms with Crippen LogP contribution in [0.4, 0.5) is 0 Å². The highest BCUT2D eigenvalue weighted by Crippen LogP contribution is 2.35. The first kappa shape index (κ1) is 19.2. The molecule has 1 unspecified atom stereocenters. The third kappa shape index (κ3) is 3.71. The molecular formula is C25H19N3O2. The van der Waals surface area contributed by atoms with E-state index in [1.165, 1.54) is 0 Å². The molecule has 30 heavy (non-hydrogen) atoms. The summed E-state index contributed by atoms with van der Waals surface area (Å²) >= 11 is 0. The van der Waals surface area contributed by atoms with Crippen molar-refractivity contribution >= 4 is 16.8 Å². The van der Waals surface area contributed by atoms with Crippen molar-refractivity contribution in [2.24, 2.45) is 0 Å². The summed E-state index contributed by atoms with van der Waals surface area (Å²) in [5.74, 6) is -0.631. The topological polar surface area (TPSA) is 86.0 Å². The highest BCUT2D eigenvalue weighted by molar-refractivity contribution is 6.10. The second-order valence-corrected chi connectivity index (χ2v) is 6.87. The Kier molecular flexibility index (Phi) is 5.40. The van der Waals surface area contributed by atoms with Crippen LogP contribution in [0, 0.1) is 11.3 Å². The van der Waals surface area contributed by atoms with Crippen LogP contribution in [0.5, 0.6) is 5.75 Å². The molecule has 0 spiro atoms. The predicted molar refractivity (Wildman–Crippen MR) is 116 cm³/mol. The van der Waals surface area contributed by atoms with E-state index >= 15 is 0 Å². The monoisotopic (exact) mass is 393 g/mol. The molecule has 4 rings (SSSR count). The van der Waals surface area contributed by atoms with Crippen LogP contribution in [0.15, 0.2) is 84.9 Å². The number of hydrogen-bond donors (Lipinski definition) is 2. The van der Waals surface area contributed by atoms with E-state index in [9.17, 15) is 15.2 Å². The molecule has 2 N–H and O–H groups in total. The highest BCUT2D eigenvalue weighted by atomic mass is 16.3. The van der Waals surface area contributed by atoms with Crippen LogP contribution in [0.1, 0.15) is 28.4 Å². The number of carbonyl (C=O) groups excluding carboxylic acids is 1. The molecule has 0 radical (unpaired) electrons. The van der Waals surface area contributed by atoms with Crippen molar-refractivity contribution in [2.75, 3.05) is 0 Å². The summed E-state index contributed by atoms with van der Waals surface area (Å²) < 4.78 is 0. The van der Waals surface area contributed by atoms with Gasteiger partial charge in [-0.25, -0.2) is 4.98 Å². The van der Waals surface area contributed by atoms with Crippen LogP contribution in [-0.4, -0.2) is 16.0 Å². The second-order valence-electron chi connectivity index (χ2n) is 6.87. The number of aromatic hydroxyl groups is 1. The number of nitrogens with one attached hydrogen (secondary N) is 1. The summed E-state index contributed by atoms with van der Waals surface area (Å²) in [5, 5.41) is 23.7. The highest BCUT2D eigenvalue weighted by Gasteiger charge is 2.23. The molecule has 5 heteroatoms. The maximum atomic E-state index is 13.3. The Morgan fingerprint density at radius 3 is 2.30 bits per heavy atom. The minimum atomic E-state index is -0.491. The average molecular weight is 393 g/mol. The van der Waals surface area contributed by atoms with E-state index in [4.69, 9.17) is 0 Å². The van der Waals surface area contributed by atoms with Crippen molar-refractivity contribution in [2.45, 2.75) is 12.5 Å². The van der Waals surface area contributed by atoms with Gasteiger partial charge in [0, 0.05) is 10.9 Å². The summed E-state index contributed by atoms with van der Waals surface area (Å²) in [5.41, 5.74) is 2.64. The molecule has 3 aromatic carbocycles. The van der Waals surface area contributed by atoms with Gasteiger partial charge in [-0.3, -0.25) is 4.79 Å². The summed E-state index contributed by atoms with van der Waals surface area (Å²) in [6.45, 7) is 0. The van der Waals surface area contributed by atoms with Crippen molar-refractivity contribution in [3.63, 3.8) is 0 Å². The van der Waals surface area contributed by atoms with Crippen molar-refractivity contribution in [3.05, 3.63) is 96.1 Å². The van der Waals surface area contributed by atoms with Crippen molar-refractivity contribution in [1.82, 2.24) is 10.3 Å². The molecule has 1 amide bonds. The molecular weight excluding hydrogens is 374 g/mol. The largest absolute Gasteiger partial charge is 0.505 e. The number of amides is 1. The zero-order chi connectivity index (χ0) is 20.9. The average Bonchev–Trinajstić information content (AvgIpc) is 2.79. The molecule has 5 nitrogen and oxygen atoms in total. The van der Waals surface area contributed by atoms with E-state index in [-0.39, 0.29) is 17.7 Å². The Bertz CT molecular complexity index is 1230. The molecule has 0 saturated carbocycles. The number of nitrogens with zero attached hydrogens (tertiary/aromatic N) is 2. The lowest BCUT2D eigenvalue weighted by Crippen LogP contribution is -2.28. The van der Waals surface area contributed by atoms with Crippen LogP contribution < -0.4 is 5.32 Å². The Balaban J connectivity index is 1.82. The molecule has 146 valence electrons. The number of carbonyl (C=O) groups is 1. The maximum absolute atomic E-state index is 13.3. The summed E-state index contributed by atoms with van der Waals surface area (Å²) in [6.07, 6.45) is 0.116. The van der Waals surface area contributed by atoms with Crippen LogP contribution in [0.2, 0.25) is 0 Å². The number of benzene rings is 3. The van der Waals surface area contributed by atoms with Gasteiger partial charge >= 0.3 is 0 Å². The first-order chi connectivity index (χ1) is 14.7. The number of nitriles is 1. The van der Waals surface area contributed by atoms with Crippen molar-refractivity contribution in [1.29, 1.82) is 5.26 Å². The molecule has 0 aliphatic carbocycles. The Morgan fingerprint density at radius 2 is 1.60 bits per heavy atom. The quantitative estimate of drug-likeness (QED) is 0.500. The first-order valence-electron chi connectivity index (χ1n) is 9.59. The van der Waals surface area contributed by atoms with E-state index in [1.807, 2.05) is 72.8 Å². The van der Waals surface area contributed by atoms with Gasteiger partial charge in [-0.2, -0.15) is 5.26 Å². The lowest BCUT2D eigenvalue weighted by molar-refractivity contribution is 0.0936. The summed E-state index contributed by atoms with van der Waals surface area (Å²) in [7, 11) is 0. The smallest absolute Gasteiger partial charge is 0.256 e. The summed E-state index contributed by atoms with van der Waals surface area (Å²) in [6, 6.07) is 27.4. The van der Waals surface area contributed by atoms with E-state index in [0.717, 1.165) is 5.56 Å². The van der Waals surface area contributed by atoms with Crippen LogP contribution in [0.3, 0.4) is 0 Å². The fraction of sp³-hybridized carbons (Fsp3) is 0.0800. The maximum Gasteiger partial charge on any atom is 0.256 e. The number of rotatable bonds is 5. The van der Waals surface area contributed by atoms with Crippen LogP contribution in [-0.2, 0) is 0 Å². The van der Waals surface area contributed by atoms with Gasteiger partial charge in [0.25, 0.3) is 5.91 Å². The van der Waals surface area contributed by atoms with Gasteiger partial charge in [0.2, 0.25) is 0 Å². The van der Waals surface area contributed by atoms with Gasteiger partial charge in [0.15, 0.2) is 5.75 Å². The van der Waals surface area contributed by atoms with Crippen molar-refractivity contribution < 1.29 is 9.90 Å². The number of pyridine rings is 1. The third-order valence-corrected chi connectivity index (χ3v) is 4.94. The predicted octanol–water partition coefficient (Wildman–Crippen LogP) is 4.99. The molecule has 0 aliphatic rings. The number of fused-ring (bicyclic) bond motifs is 1. The minimum absolute atomic E-state index is 0.116. The fourth-order valence-corrected chi connectivity index (χ4v) is 3.49. The number of para-hydroxylation sites is 1. The number of hydrogen-bond acceptors (Lipinski definition) is 4. The van der Waals surface area contributed by atoms with E-state index in [0.29, 0.717) is 22.2 Å². The van der Waals surface area contributed by atoms with Gasteiger partial charge in [-0.15, -0.1) is 0 Å². The molecule has 1 heterocycles. The first-order valence-corrected chi connectivity index (χ1v) is 9.59. The normalized spacial score (nSPS) is 11.6. The molecule has 1 atom stereocenters. The van der Waals surface area contributed by atoms with Gasteiger partial charge in [-0.1, -0.05) is 78.9 Å². The van der Waals surface area contributed by atoms with Gasteiger partial charge in [0.1, 0.15) is 5.69 Å².